The molecule has 1 rings (SSSR count). The number of aliphatic hydroxyl groups excluding tert-OH is 1. The van der Waals surface area contributed by atoms with Crippen LogP contribution in [0.3, 0.4) is 0 Å². The van der Waals surface area contributed by atoms with Gasteiger partial charge < -0.3 is 9.84 Å². The van der Waals surface area contributed by atoms with E-state index < -0.39 is 15.6 Å². The monoisotopic (exact) mass is 321 g/mol. The second kappa shape index (κ2) is 6.41. The molecule has 1 aromatic rings. The van der Waals surface area contributed by atoms with Gasteiger partial charge in [-0.15, -0.1) is 0 Å². The van der Waals surface area contributed by atoms with Gasteiger partial charge in [0.15, 0.2) is 0 Å². The van der Waals surface area contributed by atoms with E-state index in [0.29, 0.717) is 11.1 Å². The van der Waals surface area contributed by atoms with Crippen molar-refractivity contribution in [3.05, 3.63) is 28.3 Å². The standard InChI is InChI=1S/C13H20ClNO4S/c1-9-10(7-16)5-11(14)6-12(9)20(17,18)15-13(2,3)8-19-4/h5-6,15-16H,7-8H2,1-4H3. The largest absolute Gasteiger partial charge is 0.392 e. The molecule has 114 valence electrons. The summed E-state index contributed by atoms with van der Waals surface area (Å²) in [6.07, 6.45) is 0. The maximum absolute atomic E-state index is 12.5. The highest BCUT2D eigenvalue weighted by Gasteiger charge is 2.28. The predicted molar refractivity (Wildman–Crippen MR) is 78.4 cm³/mol. The van der Waals surface area contributed by atoms with Crippen LogP contribution in [0, 0.1) is 6.92 Å². The van der Waals surface area contributed by atoms with Crippen molar-refractivity contribution in [2.75, 3.05) is 13.7 Å². The van der Waals surface area contributed by atoms with Crippen molar-refractivity contribution in [1.29, 1.82) is 0 Å². The minimum atomic E-state index is -3.75. The summed E-state index contributed by atoms with van der Waals surface area (Å²) in [4.78, 5) is 0.0678. The van der Waals surface area contributed by atoms with E-state index in [1.54, 1.807) is 26.8 Å². The van der Waals surface area contributed by atoms with E-state index in [1.165, 1.54) is 13.2 Å². The molecule has 0 heterocycles. The summed E-state index contributed by atoms with van der Waals surface area (Å²) in [5, 5.41) is 9.52. The summed E-state index contributed by atoms with van der Waals surface area (Å²) >= 11 is 5.91. The number of benzene rings is 1. The molecule has 0 bridgehead atoms. The van der Waals surface area contributed by atoms with Crippen molar-refractivity contribution in [1.82, 2.24) is 4.72 Å². The van der Waals surface area contributed by atoms with Gasteiger partial charge in [0, 0.05) is 12.1 Å². The van der Waals surface area contributed by atoms with E-state index in [0.717, 1.165) is 0 Å². The molecule has 2 N–H and O–H groups in total. The fraction of sp³-hybridized carbons (Fsp3) is 0.538. The van der Waals surface area contributed by atoms with Gasteiger partial charge in [0.2, 0.25) is 10.0 Å². The Bertz CT molecular complexity index is 584. The van der Waals surface area contributed by atoms with Crippen molar-refractivity contribution in [3.8, 4) is 0 Å². The SMILES string of the molecule is COCC(C)(C)NS(=O)(=O)c1cc(Cl)cc(CO)c1C. The molecule has 0 aliphatic carbocycles. The van der Waals surface area contributed by atoms with Gasteiger partial charge in [0.25, 0.3) is 0 Å². The number of halogens is 1. The minimum Gasteiger partial charge on any atom is -0.392 e. The van der Waals surface area contributed by atoms with Gasteiger partial charge in [-0.3, -0.25) is 0 Å². The zero-order chi connectivity index (χ0) is 15.6. The van der Waals surface area contributed by atoms with E-state index in [2.05, 4.69) is 4.72 Å². The van der Waals surface area contributed by atoms with Crippen molar-refractivity contribution in [3.63, 3.8) is 0 Å². The molecule has 0 amide bonds. The molecule has 7 heteroatoms. The molecule has 1 aromatic carbocycles. The fourth-order valence-corrected chi connectivity index (χ4v) is 3.98. The Balaban J connectivity index is 3.26. The lowest BCUT2D eigenvalue weighted by molar-refractivity contribution is 0.141. The zero-order valence-electron chi connectivity index (χ0n) is 12.0. The molecule has 0 saturated heterocycles. The van der Waals surface area contributed by atoms with Gasteiger partial charge in [-0.25, -0.2) is 13.1 Å². The second-order valence-corrected chi connectivity index (χ2v) is 7.36. The normalized spacial score (nSPS) is 12.7. The Hall–Kier alpha value is -0.660. The Kier molecular flexibility index (Phi) is 5.57. The Labute approximate surface area is 125 Å². The van der Waals surface area contributed by atoms with Crippen molar-refractivity contribution < 1.29 is 18.3 Å². The van der Waals surface area contributed by atoms with Gasteiger partial charge in [0.05, 0.1) is 23.6 Å². The molecule has 20 heavy (non-hydrogen) atoms. The van der Waals surface area contributed by atoms with Crippen molar-refractivity contribution in [2.24, 2.45) is 0 Å². The topological polar surface area (TPSA) is 75.6 Å². The van der Waals surface area contributed by atoms with E-state index in [9.17, 15) is 13.5 Å². The van der Waals surface area contributed by atoms with Crippen LogP contribution in [0.25, 0.3) is 0 Å². The molecule has 0 unspecified atom stereocenters. The molecule has 0 aliphatic rings. The summed E-state index contributed by atoms with van der Waals surface area (Å²) in [6, 6.07) is 2.93. The van der Waals surface area contributed by atoms with Gasteiger partial charge in [0.1, 0.15) is 0 Å². The van der Waals surface area contributed by atoms with Crippen LogP contribution in [0.15, 0.2) is 17.0 Å². The Morgan fingerprint density at radius 1 is 1.40 bits per heavy atom. The summed E-state index contributed by atoms with van der Waals surface area (Å²) in [7, 11) is -2.25. The molecule has 5 nitrogen and oxygen atoms in total. The molecule has 0 spiro atoms. The fourth-order valence-electron chi connectivity index (χ4n) is 1.96. The van der Waals surface area contributed by atoms with Crippen LogP contribution in [0.2, 0.25) is 5.02 Å². The summed E-state index contributed by atoms with van der Waals surface area (Å²) in [5.41, 5.74) is 0.224. The lowest BCUT2D eigenvalue weighted by Gasteiger charge is -2.25. The summed E-state index contributed by atoms with van der Waals surface area (Å²) < 4.78 is 32.5. The first-order valence-corrected chi connectivity index (χ1v) is 7.92. The number of hydrogen-bond acceptors (Lipinski definition) is 4. The van der Waals surface area contributed by atoms with Crippen molar-refractivity contribution in [2.45, 2.75) is 37.8 Å². The Morgan fingerprint density at radius 3 is 2.50 bits per heavy atom. The predicted octanol–water partition coefficient (Wildman–Crippen LogP) is 1.84. The minimum absolute atomic E-state index is 0.0678. The number of hydrogen-bond donors (Lipinski definition) is 2. The number of sulfonamides is 1. The third-order valence-corrected chi connectivity index (χ3v) is 4.85. The summed E-state index contributed by atoms with van der Waals surface area (Å²) in [5.74, 6) is 0. The van der Waals surface area contributed by atoms with Crippen LogP contribution in [-0.4, -0.2) is 32.8 Å². The van der Waals surface area contributed by atoms with Gasteiger partial charge in [-0.1, -0.05) is 11.6 Å². The quantitative estimate of drug-likeness (QED) is 0.838. The molecular formula is C13H20ClNO4S. The third-order valence-electron chi connectivity index (χ3n) is 2.81. The number of nitrogens with one attached hydrogen (secondary N) is 1. The van der Waals surface area contributed by atoms with Gasteiger partial charge >= 0.3 is 0 Å². The molecule has 0 aliphatic heterocycles. The zero-order valence-corrected chi connectivity index (χ0v) is 13.6. The van der Waals surface area contributed by atoms with Crippen molar-refractivity contribution >= 4 is 21.6 Å². The maximum Gasteiger partial charge on any atom is 0.241 e. The maximum atomic E-state index is 12.5. The highest BCUT2D eigenvalue weighted by atomic mass is 35.5. The van der Waals surface area contributed by atoms with E-state index >= 15 is 0 Å². The molecular weight excluding hydrogens is 302 g/mol. The first kappa shape index (κ1) is 17.4. The average molecular weight is 322 g/mol. The lowest BCUT2D eigenvalue weighted by atomic mass is 10.1. The first-order chi connectivity index (χ1) is 9.13. The molecule has 0 atom stereocenters. The van der Waals surface area contributed by atoms with Crippen LogP contribution in [0.4, 0.5) is 0 Å². The molecule has 0 saturated carbocycles. The number of methoxy groups -OCH3 is 1. The van der Waals surface area contributed by atoms with E-state index in [-0.39, 0.29) is 23.1 Å². The number of ether oxygens (including phenoxy) is 1. The molecule has 0 aromatic heterocycles. The van der Waals surface area contributed by atoms with Gasteiger partial charge in [-0.2, -0.15) is 0 Å². The average Bonchev–Trinajstić information content (AvgIpc) is 2.29. The van der Waals surface area contributed by atoms with E-state index in [4.69, 9.17) is 16.3 Å². The highest BCUT2D eigenvalue weighted by Crippen LogP contribution is 2.25. The van der Waals surface area contributed by atoms with Crippen LogP contribution in [0.5, 0.6) is 0 Å². The van der Waals surface area contributed by atoms with E-state index in [1.807, 2.05) is 0 Å². The lowest BCUT2D eigenvalue weighted by Crippen LogP contribution is -2.46. The van der Waals surface area contributed by atoms with Crippen LogP contribution >= 0.6 is 11.6 Å². The number of aliphatic hydroxyl groups is 1. The smallest absolute Gasteiger partial charge is 0.241 e. The van der Waals surface area contributed by atoms with Crippen LogP contribution in [0.1, 0.15) is 25.0 Å². The molecule has 0 fully saturated rings. The molecule has 0 radical (unpaired) electrons. The van der Waals surface area contributed by atoms with Gasteiger partial charge in [-0.05, 0) is 44.0 Å². The van der Waals surface area contributed by atoms with Crippen LogP contribution < -0.4 is 4.72 Å². The van der Waals surface area contributed by atoms with Crippen LogP contribution in [-0.2, 0) is 21.4 Å². The highest BCUT2D eigenvalue weighted by molar-refractivity contribution is 7.89. The summed E-state index contributed by atoms with van der Waals surface area (Å²) in [6.45, 7) is 5.05. The first-order valence-electron chi connectivity index (χ1n) is 6.06. The third kappa shape index (κ3) is 4.17. The second-order valence-electron chi connectivity index (χ2n) is 5.27. The number of rotatable bonds is 6. The Morgan fingerprint density at radius 2 is 2.00 bits per heavy atom.